The largest absolute Gasteiger partial charge is 0.328 e. The molecule has 0 saturated carbocycles. The number of thiophene rings is 1. The van der Waals surface area contributed by atoms with Crippen molar-refractivity contribution in [2.75, 3.05) is 0 Å². The number of pyridine rings is 1. The Morgan fingerprint density at radius 3 is 2.86 bits per heavy atom. The van der Waals surface area contributed by atoms with Gasteiger partial charge in [0.25, 0.3) is 5.56 Å². The van der Waals surface area contributed by atoms with Gasteiger partial charge < -0.3 is 4.98 Å². The highest BCUT2D eigenvalue weighted by molar-refractivity contribution is 9.11. The molecule has 0 amide bonds. The van der Waals surface area contributed by atoms with Crippen LogP contribution >= 0.6 is 27.3 Å². The Morgan fingerprint density at radius 2 is 2.21 bits per heavy atom. The van der Waals surface area contributed by atoms with E-state index in [0.717, 1.165) is 13.9 Å². The van der Waals surface area contributed by atoms with Crippen LogP contribution in [0.25, 0.3) is 10.1 Å². The van der Waals surface area contributed by atoms with E-state index in [0.29, 0.717) is 5.92 Å². The Morgan fingerprint density at radius 1 is 1.50 bits per heavy atom. The average Bonchev–Trinajstić information content (AvgIpc) is 2.47. The van der Waals surface area contributed by atoms with Gasteiger partial charge in [0.2, 0.25) is 0 Å². The molecule has 2 rings (SSSR count). The van der Waals surface area contributed by atoms with E-state index in [2.05, 4.69) is 34.8 Å². The van der Waals surface area contributed by atoms with Gasteiger partial charge in [-0.15, -0.1) is 11.3 Å². The van der Waals surface area contributed by atoms with Crippen LogP contribution in [0.5, 0.6) is 0 Å². The van der Waals surface area contributed by atoms with E-state index in [1.54, 1.807) is 11.3 Å². The Bertz CT molecular complexity index is 526. The number of aromatic amines is 1. The second-order valence-corrected chi connectivity index (χ2v) is 5.95. The molecule has 0 aliphatic heterocycles. The number of fused-ring (bicyclic) bond motifs is 1. The first-order chi connectivity index (χ1) is 6.59. The van der Waals surface area contributed by atoms with Crippen LogP contribution in [0.15, 0.2) is 20.8 Å². The minimum absolute atomic E-state index is 0.00801. The summed E-state index contributed by atoms with van der Waals surface area (Å²) in [6.07, 6.45) is 1.82. The molecule has 0 bridgehead atoms. The predicted octanol–water partition coefficient (Wildman–Crippen LogP) is 3.48. The number of hydrogen-bond donors (Lipinski definition) is 1. The zero-order valence-electron chi connectivity index (χ0n) is 7.93. The lowest BCUT2D eigenvalue weighted by molar-refractivity contribution is 0.869. The molecule has 4 heteroatoms. The van der Waals surface area contributed by atoms with Crippen LogP contribution in [-0.4, -0.2) is 4.98 Å². The maximum atomic E-state index is 11.5. The van der Waals surface area contributed by atoms with Gasteiger partial charge in [-0.05, 0) is 33.5 Å². The fraction of sp³-hybridized carbons (Fsp3) is 0.300. The van der Waals surface area contributed by atoms with Gasteiger partial charge in [0.1, 0.15) is 0 Å². The predicted molar refractivity (Wildman–Crippen MR) is 64.2 cm³/mol. The lowest BCUT2D eigenvalue weighted by Crippen LogP contribution is -2.05. The molecule has 0 aliphatic carbocycles. The topological polar surface area (TPSA) is 32.9 Å². The van der Waals surface area contributed by atoms with Gasteiger partial charge in [0.05, 0.1) is 9.17 Å². The van der Waals surface area contributed by atoms with Crippen molar-refractivity contribution in [1.82, 2.24) is 4.98 Å². The van der Waals surface area contributed by atoms with Crippen molar-refractivity contribution in [3.05, 3.63) is 32.0 Å². The Balaban J connectivity index is 2.88. The van der Waals surface area contributed by atoms with Gasteiger partial charge in [-0.1, -0.05) is 13.8 Å². The molecule has 0 aliphatic rings. The van der Waals surface area contributed by atoms with Crippen molar-refractivity contribution >= 4 is 37.4 Å². The van der Waals surface area contributed by atoms with Crippen molar-refractivity contribution in [3.63, 3.8) is 0 Å². The van der Waals surface area contributed by atoms with Gasteiger partial charge in [-0.2, -0.15) is 0 Å². The maximum Gasteiger partial charge on any atom is 0.256 e. The molecule has 2 aromatic heterocycles. The molecule has 0 atom stereocenters. The Kier molecular flexibility index (Phi) is 2.49. The number of halogens is 1. The number of H-pyrrole nitrogens is 1. The van der Waals surface area contributed by atoms with Crippen LogP contribution in [-0.2, 0) is 0 Å². The first-order valence-electron chi connectivity index (χ1n) is 4.40. The van der Waals surface area contributed by atoms with Crippen molar-refractivity contribution in [3.8, 4) is 0 Å². The van der Waals surface area contributed by atoms with Gasteiger partial charge in [-0.25, -0.2) is 0 Å². The summed E-state index contributed by atoms with van der Waals surface area (Å²) in [5.41, 5.74) is 1.20. The molecule has 0 unspecified atom stereocenters. The van der Waals surface area contributed by atoms with E-state index in [4.69, 9.17) is 0 Å². The minimum atomic E-state index is -0.00801. The highest BCUT2D eigenvalue weighted by Gasteiger charge is 2.10. The van der Waals surface area contributed by atoms with Crippen LogP contribution in [0, 0.1) is 0 Å². The van der Waals surface area contributed by atoms with E-state index in [1.807, 2.05) is 12.3 Å². The van der Waals surface area contributed by atoms with Gasteiger partial charge in [0.15, 0.2) is 0 Å². The molecule has 2 nitrogen and oxygen atoms in total. The standard InChI is InChI=1S/C10H10BrNOS/c1-5(2)7-4-12-10(13)6-3-8(11)14-9(6)7/h3-5H,1-2H3,(H,12,13). The zero-order valence-corrected chi connectivity index (χ0v) is 10.3. The van der Waals surface area contributed by atoms with Crippen molar-refractivity contribution in [2.24, 2.45) is 0 Å². The second-order valence-electron chi connectivity index (χ2n) is 3.52. The number of hydrogen-bond acceptors (Lipinski definition) is 2. The smallest absolute Gasteiger partial charge is 0.256 e. The van der Waals surface area contributed by atoms with Crippen LogP contribution in [0.2, 0.25) is 0 Å². The average molecular weight is 272 g/mol. The van der Waals surface area contributed by atoms with Gasteiger partial charge in [0, 0.05) is 10.9 Å². The molecule has 0 aromatic carbocycles. The molecule has 2 heterocycles. The summed E-state index contributed by atoms with van der Waals surface area (Å²) in [6, 6.07) is 1.88. The molecule has 0 radical (unpaired) electrons. The number of aromatic nitrogens is 1. The zero-order chi connectivity index (χ0) is 10.3. The molecule has 0 spiro atoms. The molecule has 2 aromatic rings. The third-order valence-electron chi connectivity index (χ3n) is 2.19. The lowest BCUT2D eigenvalue weighted by atomic mass is 10.1. The van der Waals surface area contributed by atoms with Crippen molar-refractivity contribution in [2.45, 2.75) is 19.8 Å². The summed E-state index contributed by atoms with van der Waals surface area (Å²) in [4.78, 5) is 14.3. The van der Waals surface area contributed by atoms with E-state index < -0.39 is 0 Å². The fourth-order valence-electron chi connectivity index (χ4n) is 1.46. The maximum absolute atomic E-state index is 11.5. The molecule has 0 fully saturated rings. The van der Waals surface area contributed by atoms with Crippen molar-refractivity contribution in [1.29, 1.82) is 0 Å². The normalized spacial score (nSPS) is 11.4. The Hall–Kier alpha value is -0.610. The summed E-state index contributed by atoms with van der Waals surface area (Å²) < 4.78 is 2.10. The van der Waals surface area contributed by atoms with Crippen LogP contribution < -0.4 is 5.56 Å². The molecular formula is C10H10BrNOS. The number of rotatable bonds is 1. The minimum Gasteiger partial charge on any atom is -0.328 e. The summed E-state index contributed by atoms with van der Waals surface area (Å²) in [6.45, 7) is 4.25. The van der Waals surface area contributed by atoms with E-state index in [1.165, 1.54) is 5.56 Å². The van der Waals surface area contributed by atoms with Crippen LogP contribution in [0.3, 0.4) is 0 Å². The van der Waals surface area contributed by atoms with Gasteiger partial charge in [-0.3, -0.25) is 4.79 Å². The Labute approximate surface area is 94.1 Å². The highest BCUT2D eigenvalue weighted by Crippen LogP contribution is 2.32. The fourth-order valence-corrected chi connectivity index (χ4v) is 3.22. The third kappa shape index (κ3) is 1.53. The van der Waals surface area contributed by atoms with E-state index in [9.17, 15) is 4.79 Å². The molecular weight excluding hydrogens is 262 g/mol. The second kappa shape index (κ2) is 3.51. The first-order valence-corrected chi connectivity index (χ1v) is 6.01. The third-order valence-corrected chi connectivity index (χ3v) is 3.88. The van der Waals surface area contributed by atoms with E-state index >= 15 is 0 Å². The lowest BCUT2D eigenvalue weighted by Gasteiger charge is -2.04. The van der Waals surface area contributed by atoms with Gasteiger partial charge >= 0.3 is 0 Å². The van der Waals surface area contributed by atoms with Crippen LogP contribution in [0.4, 0.5) is 0 Å². The molecule has 14 heavy (non-hydrogen) atoms. The highest BCUT2D eigenvalue weighted by atomic mass is 79.9. The summed E-state index contributed by atoms with van der Waals surface area (Å²) in [7, 11) is 0. The molecule has 1 N–H and O–H groups in total. The number of nitrogens with one attached hydrogen (secondary N) is 1. The monoisotopic (exact) mass is 271 g/mol. The van der Waals surface area contributed by atoms with E-state index in [-0.39, 0.29) is 5.56 Å². The molecule has 74 valence electrons. The first kappa shape index (κ1) is 9.93. The summed E-state index contributed by atoms with van der Waals surface area (Å²) >= 11 is 5.03. The quantitative estimate of drug-likeness (QED) is 0.847. The van der Waals surface area contributed by atoms with Crippen molar-refractivity contribution < 1.29 is 0 Å². The SMILES string of the molecule is CC(C)c1c[nH]c(=O)c2cc(Br)sc12. The van der Waals surface area contributed by atoms with Crippen LogP contribution in [0.1, 0.15) is 25.3 Å². The molecule has 0 saturated heterocycles. The summed E-state index contributed by atoms with van der Waals surface area (Å²) in [5, 5.41) is 0.785. The summed E-state index contributed by atoms with van der Waals surface area (Å²) in [5.74, 6) is 0.430.